The highest BCUT2D eigenvalue weighted by atomic mass is 35.5. The number of halogens is 1. The van der Waals surface area contributed by atoms with Crippen LogP contribution in [0, 0.1) is 0 Å². The standard InChI is InChI=1S/C15H15ClN2OS/c1-10(20-12-8-6-11(16)7-9-12)15(19)18-14-5-3-2-4-13(14)17/h2-10H,17H2,1H3,(H,18,19). The second-order valence-electron chi connectivity index (χ2n) is 4.29. The lowest BCUT2D eigenvalue weighted by Crippen LogP contribution is -2.22. The Bertz CT molecular complexity index is 601. The number of carbonyl (C=O) groups excluding carboxylic acids is 1. The number of nitrogen functional groups attached to an aromatic ring is 1. The number of rotatable bonds is 4. The molecule has 5 heteroatoms. The molecule has 1 amide bonds. The van der Waals surface area contributed by atoms with Gasteiger partial charge in [0.05, 0.1) is 16.6 Å². The van der Waals surface area contributed by atoms with Crippen LogP contribution in [0.3, 0.4) is 0 Å². The molecule has 1 unspecified atom stereocenters. The van der Waals surface area contributed by atoms with E-state index in [-0.39, 0.29) is 11.2 Å². The van der Waals surface area contributed by atoms with Gasteiger partial charge in [-0.15, -0.1) is 11.8 Å². The zero-order chi connectivity index (χ0) is 14.5. The van der Waals surface area contributed by atoms with E-state index in [9.17, 15) is 4.79 Å². The Hall–Kier alpha value is -1.65. The summed E-state index contributed by atoms with van der Waals surface area (Å²) in [7, 11) is 0. The van der Waals surface area contributed by atoms with E-state index in [0.29, 0.717) is 16.4 Å². The SMILES string of the molecule is CC(Sc1ccc(Cl)cc1)C(=O)Nc1ccccc1N. The number of nitrogens with one attached hydrogen (secondary N) is 1. The van der Waals surface area contributed by atoms with Gasteiger partial charge in [0.2, 0.25) is 5.91 Å². The van der Waals surface area contributed by atoms with Crippen molar-refractivity contribution in [3.63, 3.8) is 0 Å². The Labute approximate surface area is 127 Å². The lowest BCUT2D eigenvalue weighted by atomic mass is 10.2. The second-order valence-corrected chi connectivity index (χ2v) is 6.14. The van der Waals surface area contributed by atoms with E-state index >= 15 is 0 Å². The van der Waals surface area contributed by atoms with Gasteiger partial charge in [-0.25, -0.2) is 0 Å². The molecule has 1 atom stereocenters. The van der Waals surface area contributed by atoms with Crippen LogP contribution in [0.4, 0.5) is 11.4 Å². The van der Waals surface area contributed by atoms with Crippen LogP contribution in [-0.2, 0) is 4.79 Å². The monoisotopic (exact) mass is 306 g/mol. The minimum absolute atomic E-state index is 0.0807. The van der Waals surface area contributed by atoms with Gasteiger partial charge >= 0.3 is 0 Å². The molecule has 3 nitrogen and oxygen atoms in total. The number of hydrogen-bond donors (Lipinski definition) is 2. The maximum Gasteiger partial charge on any atom is 0.237 e. The van der Waals surface area contributed by atoms with Crippen molar-refractivity contribution in [1.82, 2.24) is 0 Å². The van der Waals surface area contributed by atoms with E-state index < -0.39 is 0 Å². The first kappa shape index (κ1) is 14.8. The van der Waals surface area contributed by atoms with Gasteiger partial charge < -0.3 is 11.1 Å². The molecule has 0 spiro atoms. The van der Waals surface area contributed by atoms with Crippen molar-refractivity contribution in [3.05, 3.63) is 53.6 Å². The van der Waals surface area contributed by atoms with Crippen LogP contribution < -0.4 is 11.1 Å². The predicted octanol–water partition coefficient (Wildman–Crippen LogP) is 4.04. The third-order valence-corrected chi connectivity index (χ3v) is 4.08. The maximum absolute atomic E-state index is 12.1. The highest BCUT2D eigenvalue weighted by Gasteiger charge is 2.15. The zero-order valence-electron chi connectivity index (χ0n) is 11.0. The summed E-state index contributed by atoms with van der Waals surface area (Å²) in [4.78, 5) is 13.1. The van der Waals surface area contributed by atoms with Crippen molar-refractivity contribution >= 4 is 40.6 Å². The molecule has 20 heavy (non-hydrogen) atoms. The highest BCUT2D eigenvalue weighted by molar-refractivity contribution is 8.00. The first-order chi connectivity index (χ1) is 9.56. The molecule has 104 valence electrons. The summed E-state index contributed by atoms with van der Waals surface area (Å²) < 4.78 is 0. The van der Waals surface area contributed by atoms with Crippen LogP contribution in [0.5, 0.6) is 0 Å². The van der Waals surface area contributed by atoms with Gasteiger partial charge in [-0.3, -0.25) is 4.79 Å². The molecular weight excluding hydrogens is 292 g/mol. The van der Waals surface area contributed by atoms with Gasteiger partial charge in [0.25, 0.3) is 0 Å². The van der Waals surface area contributed by atoms with Crippen molar-refractivity contribution in [3.8, 4) is 0 Å². The lowest BCUT2D eigenvalue weighted by molar-refractivity contribution is -0.115. The molecule has 0 radical (unpaired) electrons. The van der Waals surface area contributed by atoms with E-state index in [0.717, 1.165) is 4.90 Å². The first-order valence-corrected chi connectivity index (χ1v) is 7.39. The fourth-order valence-electron chi connectivity index (χ4n) is 1.62. The summed E-state index contributed by atoms with van der Waals surface area (Å²) in [6.45, 7) is 1.85. The summed E-state index contributed by atoms with van der Waals surface area (Å²) >= 11 is 7.31. The summed E-state index contributed by atoms with van der Waals surface area (Å²) in [5, 5.41) is 3.29. The average Bonchev–Trinajstić information content (AvgIpc) is 2.44. The van der Waals surface area contributed by atoms with E-state index in [2.05, 4.69) is 5.32 Å². The molecule has 0 saturated heterocycles. The minimum atomic E-state index is -0.226. The molecule has 0 aromatic heterocycles. The van der Waals surface area contributed by atoms with Crippen LogP contribution >= 0.6 is 23.4 Å². The predicted molar refractivity (Wildman–Crippen MR) is 86.3 cm³/mol. The van der Waals surface area contributed by atoms with E-state index in [1.165, 1.54) is 11.8 Å². The molecule has 0 bridgehead atoms. The third kappa shape index (κ3) is 3.92. The lowest BCUT2D eigenvalue weighted by Gasteiger charge is -2.13. The second kappa shape index (κ2) is 6.68. The normalized spacial score (nSPS) is 11.9. The van der Waals surface area contributed by atoms with Crippen molar-refractivity contribution in [2.24, 2.45) is 0 Å². The first-order valence-electron chi connectivity index (χ1n) is 6.14. The molecule has 3 N–H and O–H groups in total. The Morgan fingerprint density at radius 3 is 2.50 bits per heavy atom. The quantitative estimate of drug-likeness (QED) is 0.662. The Morgan fingerprint density at radius 1 is 1.20 bits per heavy atom. The molecule has 0 aliphatic rings. The van der Waals surface area contributed by atoms with Gasteiger partial charge in [-0.05, 0) is 43.3 Å². The van der Waals surface area contributed by atoms with E-state index in [4.69, 9.17) is 17.3 Å². The number of benzene rings is 2. The van der Waals surface area contributed by atoms with E-state index in [1.54, 1.807) is 12.1 Å². The van der Waals surface area contributed by atoms with Crippen LogP contribution in [0.15, 0.2) is 53.4 Å². The number of hydrogen-bond acceptors (Lipinski definition) is 3. The number of anilines is 2. The number of thioether (sulfide) groups is 1. The molecular formula is C15H15ClN2OS. The van der Waals surface area contributed by atoms with Crippen molar-refractivity contribution in [2.75, 3.05) is 11.1 Å². The van der Waals surface area contributed by atoms with Gasteiger partial charge in [0.1, 0.15) is 0 Å². The van der Waals surface area contributed by atoms with Crippen molar-refractivity contribution in [1.29, 1.82) is 0 Å². The fourth-order valence-corrected chi connectivity index (χ4v) is 2.61. The Balaban J connectivity index is 1.99. The van der Waals surface area contributed by atoms with Gasteiger partial charge in [0.15, 0.2) is 0 Å². The fraction of sp³-hybridized carbons (Fsp3) is 0.133. The van der Waals surface area contributed by atoms with Gasteiger partial charge in [0, 0.05) is 9.92 Å². The number of carbonyl (C=O) groups is 1. The molecule has 0 fully saturated rings. The molecule has 2 aromatic rings. The van der Waals surface area contributed by atoms with Crippen LogP contribution in [0.2, 0.25) is 5.02 Å². The molecule has 0 saturated carbocycles. The van der Waals surface area contributed by atoms with Crippen LogP contribution in [-0.4, -0.2) is 11.2 Å². The summed E-state index contributed by atoms with van der Waals surface area (Å²) in [6, 6.07) is 14.6. The van der Waals surface area contributed by atoms with Crippen molar-refractivity contribution in [2.45, 2.75) is 17.1 Å². The smallest absolute Gasteiger partial charge is 0.237 e. The third-order valence-electron chi connectivity index (χ3n) is 2.71. The average molecular weight is 307 g/mol. The van der Waals surface area contributed by atoms with Gasteiger partial charge in [-0.2, -0.15) is 0 Å². The topological polar surface area (TPSA) is 55.1 Å². The summed E-state index contributed by atoms with van der Waals surface area (Å²) in [5.41, 5.74) is 7.00. The molecule has 0 aliphatic heterocycles. The number of amides is 1. The van der Waals surface area contributed by atoms with E-state index in [1.807, 2.05) is 43.3 Å². The number of nitrogens with two attached hydrogens (primary N) is 1. The maximum atomic E-state index is 12.1. The molecule has 0 heterocycles. The highest BCUT2D eigenvalue weighted by Crippen LogP contribution is 2.26. The molecule has 2 rings (SSSR count). The van der Waals surface area contributed by atoms with Crippen LogP contribution in [0.25, 0.3) is 0 Å². The molecule has 2 aromatic carbocycles. The number of para-hydroxylation sites is 2. The van der Waals surface area contributed by atoms with Crippen LogP contribution in [0.1, 0.15) is 6.92 Å². The molecule has 0 aliphatic carbocycles. The summed E-state index contributed by atoms with van der Waals surface area (Å²) in [5.74, 6) is -0.0807. The van der Waals surface area contributed by atoms with Gasteiger partial charge in [-0.1, -0.05) is 23.7 Å². The zero-order valence-corrected chi connectivity index (χ0v) is 12.5. The Morgan fingerprint density at radius 2 is 1.85 bits per heavy atom. The van der Waals surface area contributed by atoms with Crippen molar-refractivity contribution < 1.29 is 4.79 Å². The summed E-state index contributed by atoms with van der Waals surface area (Å²) in [6.07, 6.45) is 0. The Kier molecular flexibility index (Phi) is 4.93. The minimum Gasteiger partial charge on any atom is -0.397 e. The largest absolute Gasteiger partial charge is 0.397 e.